The molecule has 0 fully saturated rings. The van der Waals surface area contributed by atoms with Crippen molar-refractivity contribution in [1.29, 1.82) is 0 Å². The molecular formula is C16H16INO. The Hall–Kier alpha value is -1.36. The molecule has 0 aromatic heterocycles. The average Bonchev–Trinajstić information content (AvgIpc) is 2.41. The second kappa shape index (κ2) is 6.70. The lowest BCUT2D eigenvalue weighted by Crippen LogP contribution is -2.13. The first kappa shape index (κ1) is 14.1. The monoisotopic (exact) mass is 365 g/mol. The summed E-state index contributed by atoms with van der Waals surface area (Å²) in [6.45, 7) is 2.04. The van der Waals surface area contributed by atoms with Gasteiger partial charge in [0.2, 0.25) is 5.91 Å². The molecule has 0 unspecified atom stereocenters. The maximum Gasteiger partial charge on any atom is 0.224 e. The highest BCUT2D eigenvalue weighted by molar-refractivity contribution is 14.1. The van der Waals surface area contributed by atoms with Crippen molar-refractivity contribution in [1.82, 2.24) is 0 Å². The largest absolute Gasteiger partial charge is 0.325 e. The highest BCUT2D eigenvalue weighted by atomic mass is 127. The second-order valence-corrected chi connectivity index (χ2v) is 5.68. The summed E-state index contributed by atoms with van der Waals surface area (Å²) in [6, 6.07) is 16.1. The average molecular weight is 365 g/mol. The molecule has 2 nitrogen and oxygen atoms in total. The summed E-state index contributed by atoms with van der Waals surface area (Å²) < 4.78 is 1.07. The van der Waals surface area contributed by atoms with Crippen molar-refractivity contribution in [3.8, 4) is 0 Å². The van der Waals surface area contributed by atoms with Gasteiger partial charge in [0.15, 0.2) is 0 Å². The Morgan fingerprint density at radius 1 is 1.16 bits per heavy atom. The van der Waals surface area contributed by atoms with Gasteiger partial charge in [-0.25, -0.2) is 0 Å². The molecule has 3 heteroatoms. The summed E-state index contributed by atoms with van der Waals surface area (Å²) >= 11 is 2.24. The summed E-state index contributed by atoms with van der Waals surface area (Å²) in [5.74, 6) is 0.0608. The van der Waals surface area contributed by atoms with E-state index in [-0.39, 0.29) is 5.91 Å². The van der Waals surface area contributed by atoms with Crippen molar-refractivity contribution in [2.24, 2.45) is 0 Å². The molecule has 2 aromatic carbocycles. The molecule has 19 heavy (non-hydrogen) atoms. The van der Waals surface area contributed by atoms with Crippen molar-refractivity contribution >= 4 is 34.2 Å². The van der Waals surface area contributed by atoms with Crippen molar-refractivity contribution in [2.75, 3.05) is 5.32 Å². The summed E-state index contributed by atoms with van der Waals surface area (Å²) in [7, 11) is 0. The fourth-order valence-corrected chi connectivity index (χ4v) is 2.64. The molecule has 0 aliphatic heterocycles. The lowest BCUT2D eigenvalue weighted by molar-refractivity contribution is -0.116. The molecule has 1 amide bonds. The standard InChI is InChI=1S/C16H16INO/c1-12-7-9-15(14(17)11-12)18-16(19)10-8-13-5-3-2-4-6-13/h2-7,9,11H,8,10H2,1H3,(H,18,19). The van der Waals surface area contributed by atoms with E-state index in [4.69, 9.17) is 0 Å². The summed E-state index contributed by atoms with van der Waals surface area (Å²) in [5.41, 5.74) is 3.28. The molecule has 0 radical (unpaired) electrons. The number of carbonyl (C=O) groups excluding carboxylic acids is 1. The van der Waals surface area contributed by atoms with Crippen molar-refractivity contribution in [3.05, 3.63) is 63.2 Å². The molecule has 0 aliphatic carbocycles. The molecule has 0 heterocycles. The Labute approximate surface area is 127 Å². The van der Waals surface area contributed by atoms with E-state index in [0.29, 0.717) is 6.42 Å². The number of carbonyl (C=O) groups is 1. The van der Waals surface area contributed by atoms with Gasteiger partial charge in [0.05, 0.1) is 5.69 Å². The molecule has 2 rings (SSSR count). The van der Waals surface area contributed by atoms with Crippen molar-refractivity contribution in [2.45, 2.75) is 19.8 Å². The van der Waals surface area contributed by atoms with Crippen LogP contribution in [0.15, 0.2) is 48.5 Å². The predicted octanol–water partition coefficient (Wildman–Crippen LogP) is 4.17. The molecule has 2 aromatic rings. The van der Waals surface area contributed by atoms with Crippen LogP contribution in [0.2, 0.25) is 0 Å². The fourth-order valence-electron chi connectivity index (χ4n) is 1.84. The molecule has 0 saturated carbocycles. The Kier molecular flexibility index (Phi) is 4.96. The van der Waals surface area contributed by atoms with Crippen LogP contribution in [0.3, 0.4) is 0 Å². The van der Waals surface area contributed by atoms with Gasteiger partial charge in [-0.1, -0.05) is 36.4 Å². The molecule has 1 N–H and O–H groups in total. The normalized spacial score (nSPS) is 10.2. The van der Waals surface area contributed by atoms with Crippen molar-refractivity contribution < 1.29 is 4.79 Å². The van der Waals surface area contributed by atoms with Gasteiger partial charge in [0, 0.05) is 9.99 Å². The van der Waals surface area contributed by atoms with Gasteiger partial charge < -0.3 is 5.32 Å². The van der Waals surface area contributed by atoms with Crippen LogP contribution in [0.5, 0.6) is 0 Å². The topological polar surface area (TPSA) is 29.1 Å². The second-order valence-electron chi connectivity index (χ2n) is 4.52. The molecule has 0 spiro atoms. The van der Waals surface area contributed by atoms with E-state index in [1.807, 2.05) is 49.4 Å². The van der Waals surface area contributed by atoms with Crippen LogP contribution in [-0.4, -0.2) is 5.91 Å². The molecular weight excluding hydrogens is 349 g/mol. The zero-order valence-electron chi connectivity index (χ0n) is 10.8. The summed E-state index contributed by atoms with van der Waals surface area (Å²) in [6.07, 6.45) is 1.28. The van der Waals surface area contributed by atoms with Gasteiger partial charge in [-0.2, -0.15) is 0 Å². The number of hydrogen-bond donors (Lipinski definition) is 1. The minimum absolute atomic E-state index is 0.0608. The fraction of sp³-hybridized carbons (Fsp3) is 0.188. The van der Waals surface area contributed by atoms with E-state index in [1.165, 1.54) is 11.1 Å². The van der Waals surface area contributed by atoms with Gasteiger partial charge >= 0.3 is 0 Å². The van der Waals surface area contributed by atoms with E-state index >= 15 is 0 Å². The minimum atomic E-state index is 0.0608. The van der Waals surface area contributed by atoms with Crippen LogP contribution in [0.4, 0.5) is 5.69 Å². The number of hydrogen-bond acceptors (Lipinski definition) is 1. The number of aryl methyl sites for hydroxylation is 2. The third kappa shape index (κ3) is 4.35. The van der Waals surface area contributed by atoms with Gasteiger partial charge in [-0.3, -0.25) is 4.79 Å². The van der Waals surface area contributed by atoms with Crippen LogP contribution < -0.4 is 5.32 Å². The summed E-state index contributed by atoms with van der Waals surface area (Å²) in [4.78, 5) is 11.9. The van der Waals surface area contributed by atoms with Crippen LogP contribution in [0.25, 0.3) is 0 Å². The Bertz CT molecular complexity index is 566. The number of amides is 1. The Morgan fingerprint density at radius 3 is 2.58 bits per heavy atom. The maximum atomic E-state index is 11.9. The first-order valence-electron chi connectivity index (χ1n) is 6.25. The first-order chi connectivity index (χ1) is 9.15. The van der Waals surface area contributed by atoms with Gasteiger partial charge in [-0.15, -0.1) is 0 Å². The number of rotatable bonds is 4. The van der Waals surface area contributed by atoms with E-state index in [0.717, 1.165) is 15.7 Å². The molecule has 0 bridgehead atoms. The lowest BCUT2D eigenvalue weighted by Gasteiger charge is -2.08. The summed E-state index contributed by atoms with van der Waals surface area (Å²) in [5, 5.41) is 2.96. The van der Waals surface area contributed by atoms with Crippen LogP contribution in [0.1, 0.15) is 17.5 Å². The van der Waals surface area contributed by atoms with E-state index in [2.05, 4.69) is 34.0 Å². The number of halogens is 1. The van der Waals surface area contributed by atoms with Crippen LogP contribution in [-0.2, 0) is 11.2 Å². The van der Waals surface area contributed by atoms with Crippen LogP contribution >= 0.6 is 22.6 Å². The molecule has 98 valence electrons. The minimum Gasteiger partial charge on any atom is -0.325 e. The van der Waals surface area contributed by atoms with E-state index in [9.17, 15) is 4.79 Å². The zero-order chi connectivity index (χ0) is 13.7. The highest BCUT2D eigenvalue weighted by Gasteiger charge is 2.05. The molecule has 0 atom stereocenters. The SMILES string of the molecule is Cc1ccc(NC(=O)CCc2ccccc2)c(I)c1. The van der Waals surface area contributed by atoms with E-state index < -0.39 is 0 Å². The van der Waals surface area contributed by atoms with Gasteiger partial charge in [-0.05, 0) is 59.2 Å². The number of anilines is 1. The van der Waals surface area contributed by atoms with Gasteiger partial charge in [0.25, 0.3) is 0 Å². The first-order valence-corrected chi connectivity index (χ1v) is 7.33. The zero-order valence-corrected chi connectivity index (χ0v) is 13.0. The van der Waals surface area contributed by atoms with Crippen LogP contribution in [0, 0.1) is 10.5 Å². The van der Waals surface area contributed by atoms with Crippen molar-refractivity contribution in [3.63, 3.8) is 0 Å². The molecule has 0 aliphatic rings. The lowest BCUT2D eigenvalue weighted by atomic mass is 10.1. The highest BCUT2D eigenvalue weighted by Crippen LogP contribution is 2.19. The number of nitrogens with one attached hydrogen (secondary N) is 1. The smallest absolute Gasteiger partial charge is 0.224 e. The third-order valence-electron chi connectivity index (χ3n) is 2.88. The molecule has 0 saturated heterocycles. The third-order valence-corrected chi connectivity index (χ3v) is 3.77. The maximum absolute atomic E-state index is 11.9. The number of benzene rings is 2. The Morgan fingerprint density at radius 2 is 1.89 bits per heavy atom. The quantitative estimate of drug-likeness (QED) is 0.810. The predicted molar refractivity (Wildman–Crippen MR) is 87.3 cm³/mol. The van der Waals surface area contributed by atoms with E-state index in [1.54, 1.807) is 0 Å². The Balaban J connectivity index is 1.91. The van der Waals surface area contributed by atoms with Gasteiger partial charge in [0.1, 0.15) is 0 Å².